The summed E-state index contributed by atoms with van der Waals surface area (Å²) in [7, 11) is 0. The van der Waals surface area contributed by atoms with Gasteiger partial charge in [-0.05, 0) is 18.6 Å². The van der Waals surface area contributed by atoms with Gasteiger partial charge >= 0.3 is 0 Å². The van der Waals surface area contributed by atoms with Crippen LogP contribution in [0.25, 0.3) is 0 Å². The maximum Gasteiger partial charge on any atom is 0.223 e. The molecule has 2 rings (SSSR count). The first-order chi connectivity index (χ1) is 11.6. The first-order valence-electron chi connectivity index (χ1n) is 8.48. The second-order valence-corrected chi connectivity index (χ2v) is 6.01. The van der Waals surface area contributed by atoms with Crippen molar-refractivity contribution < 1.29 is 14.3 Å². The number of morpholine rings is 1. The van der Waals surface area contributed by atoms with Gasteiger partial charge in [-0.15, -0.1) is 0 Å². The second kappa shape index (κ2) is 9.39. The monoisotopic (exact) mass is 333 g/mol. The van der Waals surface area contributed by atoms with Crippen LogP contribution in [0.4, 0.5) is 5.69 Å². The maximum atomic E-state index is 12.0. The molecule has 1 saturated heterocycles. The van der Waals surface area contributed by atoms with Gasteiger partial charge in [0.05, 0.1) is 13.2 Å². The molecule has 0 aromatic heterocycles. The van der Waals surface area contributed by atoms with Crippen molar-refractivity contribution in [1.29, 1.82) is 0 Å². The Labute approximate surface area is 143 Å². The van der Waals surface area contributed by atoms with Crippen molar-refractivity contribution in [1.82, 2.24) is 10.2 Å². The number of carbonyl (C=O) groups is 2. The molecule has 0 aliphatic carbocycles. The molecule has 0 saturated carbocycles. The van der Waals surface area contributed by atoms with E-state index in [-0.39, 0.29) is 11.8 Å². The Kier molecular flexibility index (Phi) is 7.21. The number of para-hydroxylation sites is 1. The van der Waals surface area contributed by atoms with Crippen molar-refractivity contribution in [2.24, 2.45) is 0 Å². The zero-order chi connectivity index (χ0) is 17.4. The number of hydrogen-bond acceptors (Lipinski definition) is 4. The van der Waals surface area contributed by atoms with Crippen LogP contribution in [0.15, 0.2) is 24.3 Å². The fraction of sp³-hybridized carbons (Fsp3) is 0.556. The molecule has 1 fully saturated rings. The largest absolute Gasteiger partial charge is 0.379 e. The van der Waals surface area contributed by atoms with E-state index >= 15 is 0 Å². The van der Waals surface area contributed by atoms with E-state index < -0.39 is 0 Å². The summed E-state index contributed by atoms with van der Waals surface area (Å²) >= 11 is 0. The van der Waals surface area contributed by atoms with Gasteiger partial charge in [0.15, 0.2) is 0 Å². The van der Waals surface area contributed by atoms with Crippen molar-refractivity contribution in [3.63, 3.8) is 0 Å². The number of hydrogen-bond donors (Lipinski definition) is 1. The average Bonchev–Trinajstić information content (AvgIpc) is 2.57. The van der Waals surface area contributed by atoms with Crippen LogP contribution in [-0.2, 0) is 14.3 Å². The molecule has 132 valence electrons. The highest BCUT2D eigenvalue weighted by Gasteiger charge is 2.15. The van der Waals surface area contributed by atoms with Gasteiger partial charge in [-0.2, -0.15) is 0 Å². The molecule has 6 heteroatoms. The molecule has 24 heavy (non-hydrogen) atoms. The third-order valence-corrected chi connectivity index (χ3v) is 4.20. The molecule has 0 bridgehead atoms. The molecule has 1 aromatic carbocycles. The van der Waals surface area contributed by atoms with Crippen LogP contribution in [0.2, 0.25) is 0 Å². The summed E-state index contributed by atoms with van der Waals surface area (Å²) in [6.07, 6.45) is 0.303. The van der Waals surface area contributed by atoms with Gasteiger partial charge in [0.1, 0.15) is 0 Å². The van der Waals surface area contributed by atoms with Gasteiger partial charge < -0.3 is 15.0 Å². The van der Waals surface area contributed by atoms with E-state index in [0.717, 1.165) is 44.1 Å². The summed E-state index contributed by atoms with van der Waals surface area (Å²) in [6, 6.07) is 7.72. The summed E-state index contributed by atoms with van der Waals surface area (Å²) in [5.41, 5.74) is 1.89. The van der Waals surface area contributed by atoms with Gasteiger partial charge in [0, 0.05) is 51.8 Å². The molecule has 1 N–H and O–H groups in total. The van der Waals surface area contributed by atoms with Crippen LogP contribution in [-0.4, -0.2) is 62.7 Å². The number of carbonyl (C=O) groups excluding carboxylic acids is 2. The SMILES string of the molecule is CC(=O)N(CCC(=O)NCCN1CCOCC1)c1ccccc1C. The third-order valence-electron chi connectivity index (χ3n) is 4.20. The van der Waals surface area contributed by atoms with Gasteiger partial charge in [-0.1, -0.05) is 18.2 Å². The van der Waals surface area contributed by atoms with Crippen molar-refractivity contribution >= 4 is 17.5 Å². The van der Waals surface area contributed by atoms with Crippen molar-refractivity contribution in [3.05, 3.63) is 29.8 Å². The lowest BCUT2D eigenvalue weighted by molar-refractivity contribution is -0.121. The highest BCUT2D eigenvalue weighted by atomic mass is 16.5. The van der Waals surface area contributed by atoms with Crippen molar-refractivity contribution in [2.45, 2.75) is 20.3 Å². The van der Waals surface area contributed by atoms with E-state index in [0.29, 0.717) is 19.5 Å². The first kappa shape index (κ1) is 18.4. The van der Waals surface area contributed by atoms with Crippen LogP contribution in [0, 0.1) is 6.92 Å². The highest BCUT2D eigenvalue weighted by Crippen LogP contribution is 2.19. The van der Waals surface area contributed by atoms with Gasteiger partial charge in [-0.25, -0.2) is 0 Å². The topological polar surface area (TPSA) is 61.9 Å². The number of nitrogens with zero attached hydrogens (tertiary/aromatic N) is 2. The molecular weight excluding hydrogens is 306 g/mol. The predicted molar refractivity (Wildman–Crippen MR) is 94.1 cm³/mol. The van der Waals surface area contributed by atoms with E-state index in [1.54, 1.807) is 4.90 Å². The van der Waals surface area contributed by atoms with E-state index in [2.05, 4.69) is 10.2 Å². The Morgan fingerprint density at radius 3 is 2.62 bits per heavy atom. The maximum absolute atomic E-state index is 12.0. The predicted octanol–water partition coefficient (Wildman–Crippen LogP) is 1.19. The van der Waals surface area contributed by atoms with Crippen LogP contribution < -0.4 is 10.2 Å². The minimum Gasteiger partial charge on any atom is -0.379 e. The minimum atomic E-state index is -0.0505. The lowest BCUT2D eigenvalue weighted by Crippen LogP contribution is -2.42. The molecule has 2 amide bonds. The zero-order valence-electron chi connectivity index (χ0n) is 14.6. The second-order valence-electron chi connectivity index (χ2n) is 6.01. The Morgan fingerprint density at radius 2 is 1.96 bits per heavy atom. The lowest BCUT2D eigenvalue weighted by atomic mass is 10.1. The fourth-order valence-corrected chi connectivity index (χ4v) is 2.79. The molecule has 0 spiro atoms. The molecule has 1 aromatic rings. The van der Waals surface area contributed by atoms with Crippen LogP contribution in [0.5, 0.6) is 0 Å². The molecule has 0 radical (unpaired) electrons. The highest BCUT2D eigenvalue weighted by molar-refractivity contribution is 5.93. The number of benzene rings is 1. The van der Waals surface area contributed by atoms with Crippen LogP contribution >= 0.6 is 0 Å². The van der Waals surface area contributed by atoms with E-state index in [1.807, 2.05) is 31.2 Å². The zero-order valence-corrected chi connectivity index (χ0v) is 14.6. The van der Waals surface area contributed by atoms with Crippen LogP contribution in [0.3, 0.4) is 0 Å². The number of ether oxygens (including phenoxy) is 1. The first-order valence-corrected chi connectivity index (χ1v) is 8.48. The Balaban J connectivity index is 1.76. The normalized spacial score (nSPS) is 15.1. The Morgan fingerprint density at radius 1 is 1.25 bits per heavy atom. The van der Waals surface area contributed by atoms with Crippen LogP contribution in [0.1, 0.15) is 18.9 Å². The summed E-state index contributed by atoms with van der Waals surface area (Å²) in [4.78, 5) is 27.9. The molecule has 1 heterocycles. The van der Waals surface area contributed by atoms with Crippen molar-refractivity contribution in [2.75, 3.05) is 50.8 Å². The molecule has 0 unspecified atom stereocenters. The van der Waals surface area contributed by atoms with E-state index in [1.165, 1.54) is 6.92 Å². The molecule has 1 aliphatic rings. The number of anilines is 1. The number of aryl methyl sites for hydroxylation is 1. The summed E-state index contributed by atoms with van der Waals surface area (Å²) in [6.45, 7) is 8.71. The summed E-state index contributed by atoms with van der Waals surface area (Å²) < 4.78 is 5.30. The smallest absolute Gasteiger partial charge is 0.223 e. The summed E-state index contributed by atoms with van der Waals surface area (Å²) in [5.74, 6) is -0.0755. The van der Waals surface area contributed by atoms with Gasteiger partial charge in [0.2, 0.25) is 11.8 Å². The van der Waals surface area contributed by atoms with Gasteiger partial charge in [0.25, 0.3) is 0 Å². The molecule has 1 aliphatic heterocycles. The van der Waals surface area contributed by atoms with Gasteiger partial charge in [-0.3, -0.25) is 14.5 Å². The number of nitrogens with one attached hydrogen (secondary N) is 1. The lowest BCUT2D eigenvalue weighted by Gasteiger charge is -2.26. The molecular formula is C18H27N3O3. The third kappa shape index (κ3) is 5.62. The van der Waals surface area contributed by atoms with E-state index in [9.17, 15) is 9.59 Å². The molecule has 0 atom stereocenters. The van der Waals surface area contributed by atoms with Crippen molar-refractivity contribution in [3.8, 4) is 0 Å². The Bertz CT molecular complexity index is 556. The van der Waals surface area contributed by atoms with E-state index in [4.69, 9.17) is 4.74 Å². The number of amides is 2. The fourth-order valence-electron chi connectivity index (χ4n) is 2.79. The minimum absolute atomic E-state index is 0.0249. The quantitative estimate of drug-likeness (QED) is 0.814. The molecule has 6 nitrogen and oxygen atoms in total. The standard InChI is InChI=1S/C18H27N3O3/c1-15-5-3-4-6-17(15)21(16(2)22)9-7-18(23)19-8-10-20-11-13-24-14-12-20/h3-6H,7-14H2,1-2H3,(H,19,23). The summed E-state index contributed by atoms with van der Waals surface area (Å²) in [5, 5.41) is 2.93. The average molecular weight is 333 g/mol. The number of rotatable bonds is 7. The Hall–Kier alpha value is -1.92.